The van der Waals surface area contributed by atoms with Crippen LogP contribution in [0.5, 0.6) is 0 Å². The molecule has 0 aromatic carbocycles. The number of nitrogen functional groups attached to an aromatic ring is 4. The molecular formula is C52H79N20O22P3S2. The Morgan fingerprint density at radius 3 is 1.03 bits per heavy atom. The lowest BCUT2D eigenvalue weighted by Crippen LogP contribution is -2.35. The van der Waals surface area contributed by atoms with Crippen molar-refractivity contribution >= 4 is 113 Å². The van der Waals surface area contributed by atoms with Crippen LogP contribution < -0.4 is 39.6 Å². The molecule has 4 aliphatic rings. The fraction of sp³-hybridized carbons (Fsp3) is 0.615. The number of fused-ring (bicyclic) bond motifs is 4. The molecule has 0 spiro atoms. The Morgan fingerprint density at radius 1 is 0.434 bits per heavy atom. The zero-order valence-corrected chi connectivity index (χ0v) is 59.6. The molecule has 4 fully saturated rings. The first kappa shape index (κ1) is 76.8. The molecule has 546 valence electrons. The van der Waals surface area contributed by atoms with Gasteiger partial charge in [0.2, 0.25) is 17.8 Å². The average Bonchev–Trinajstić information content (AvgIpc) is 1.64. The highest BCUT2D eigenvalue weighted by molar-refractivity contribution is 8.07. The zero-order valence-electron chi connectivity index (χ0n) is 55.3. The maximum absolute atomic E-state index is 12.0. The van der Waals surface area contributed by atoms with E-state index in [1.165, 1.54) is 65.4 Å². The van der Waals surface area contributed by atoms with Gasteiger partial charge in [-0.15, -0.1) is 0 Å². The lowest BCUT2D eigenvalue weighted by Gasteiger charge is -2.26. The SMILES string of the molecule is CC[C@H]1O[C@@H](n2cnc3c(=O)[nH]c(N)nc32)C(OC)[C@H]1OC.CC[C@H]1O[C@@H](n2cnc3c(=O)[nH]c(N)nc32)C(OC)[C@H]1OP(=O)(O)OC.CC[C@H]1O[C@@H](n2cnc3c(=O)[nH]c(N)nc32)C(OC)[C@H]1OP(O)(=S)OC.CC[C@H]1O[C@@H](n2cnc3c(N)ncnc32)C(OC)[C@H]1OP(O)(=S)OC. The van der Waals surface area contributed by atoms with E-state index in [9.17, 15) is 33.6 Å². The summed E-state index contributed by atoms with van der Waals surface area (Å²) >= 11 is 9.92. The summed E-state index contributed by atoms with van der Waals surface area (Å²) in [5.41, 5.74) is 23.6. The van der Waals surface area contributed by atoms with Crippen molar-refractivity contribution in [1.82, 2.24) is 78.1 Å². The smallest absolute Gasteiger partial charge is 0.382 e. The number of ether oxygens (including phenoxy) is 9. The largest absolute Gasteiger partial charge is 0.472 e. The van der Waals surface area contributed by atoms with E-state index in [-0.39, 0.29) is 81.5 Å². The van der Waals surface area contributed by atoms with Gasteiger partial charge >= 0.3 is 21.3 Å². The van der Waals surface area contributed by atoms with Crippen LogP contribution in [0.1, 0.15) is 78.3 Å². The van der Waals surface area contributed by atoms with Crippen LogP contribution in [0.3, 0.4) is 0 Å². The van der Waals surface area contributed by atoms with Crippen LogP contribution in [0.25, 0.3) is 44.7 Å². The molecule has 0 saturated carbocycles. The van der Waals surface area contributed by atoms with E-state index in [0.717, 1.165) is 13.5 Å². The molecule has 4 aliphatic heterocycles. The number of phosphoric acid groups is 1. The summed E-state index contributed by atoms with van der Waals surface area (Å²) in [7, 11) is 7.04. The van der Waals surface area contributed by atoms with Gasteiger partial charge in [0.25, 0.3) is 16.7 Å². The number of imidazole rings is 4. The Labute approximate surface area is 572 Å². The molecule has 14 N–H and O–H groups in total. The van der Waals surface area contributed by atoms with Crippen molar-refractivity contribution in [2.75, 3.05) is 79.8 Å². The first-order valence-corrected chi connectivity index (χ1v) is 36.9. The predicted octanol–water partition coefficient (Wildman–Crippen LogP) is 1.45. The maximum Gasteiger partial charge on any atom is 0.472 e. The van der Waals surface area contributed by atoms with E-state index in [1.807, 2.05) is 27.7 Å². The quantitative estimate of drug-likeness (QED) is 0.0429. The molecule has 42 nitrogen and oxygen atoms in total. The molecule has 12 rings (SSSR count). The summed E-state index contributed by atoms with van der Waals surface area (Å²) < 4.78 is 101. The van der Waals surface area contributed by atoms with Gasteiger partial charge in [0.15, 0.2) is 69.9 Å². The monoisotopic (exact) mass is 1490 g/mol. The third kappa shape index (κ3) is 16.1. The Morgan fingerprint density at radius 2 is 0.727 bits per heavy atom. The van der Waals surface area contributed by atoms with Crippen molar-refractivity contribution in [1.29, 1.82) is 0 Å². The van der Waals surface area contributed by atoms with Gasteiger partial charge < -0.3 is 89.3 Å². The number of methoxy groups -OCH3 is 5. The molecular weight excluding hydrogens is 1410 g/mol. The number of hydrogen-bond acceptors (Lipinski definition) is 34. The van der Waals surface area contributed by atoms with Crippen molar-refractivity contribution in [2.24, 2.45) is 0 Å². The fourth-order valence-electron chi connectivity index (χ4n) is 11.7. The summed E-state index contributed by atoms with van der Waals surface area (Å²) in [4.78, 5) is 110. The summed E-state index contributed by atoms with van der Waals surface area (Å²) in [6, 6.07) is 0. The van der Waals surface area contributed by atoms with Crippen molar-refractivity contribution < 1.29 is 89.0 Å². The molecule has 8 aromatic rings. The third-order valence-corrected chi connectivity index (χ3v) is 20.7. The maximum atomic E-state index is 12.0. The topological polar surface area (TPSA) is 555 Å². The van der Waals surface area contributed by atoms with Crippen molar-refractivity contribution in [3.63, 3.8) is 0 Å². The minimum atomic E-state index is -4.27. The van der Waals surface area contributed by atoms with Crippen LogP contribution in [0.15, 0.2) is 46.0 Å². The van der Waals surface area contributed by atoms with E-state index in [4.69, 9.17) is 112 Å². The summed E-state index contributed by atoms with van der Waals surface area (Å²) in [6.07, 6.45) is 0.949. The lowest BCUT2D eigenvalue weighted by molar-refractivity contribution is -0.0517. The molecule has 12 heterocycles. The van der Waals surface area contributed by atoms with Crippen LogP contribution in [0.4, 0.5) is 23.7 Å². The fourth-order valence-corrected chi connectivity index (χ4v) is 14.3. The second-order valence-electron chi connectivity index (χ2n) is 22.0. The molecule has 7 unspecified atom stereocenters. The number of nitrogens with two attached hydrogens (primary N) is 4. The summed E-state index contributed by atoms with van der Waals surface area (Å²) in [6.45, 7) is 0.871. The van der Waals surface area contributed by atoms with Gasteiger partial charge in [0.1, 0.15) is 60.7 Å². The minimum Gasteiger partial charge on any atom is -0.382 e. The Bertz CT molecular complexity index is 4280. The first-order chi connectivity index (χ1) is 47.1. The number of nitrogens with zero attached hydrogens (tertiary/aromatic N) is 13. The first-order valence-electron chi connectivity index (χ1n) is 30.2. The Hall–Kier alpha value is -6.39. The van der Waals surface area contributed by atoms with E-state index in [2.05, 4.69) is 64.3 Å². The number of rotatable bonds is 22. The molecule has 0 bridgehead atoms. The second kappa shape index (κ2) is 32.3. The third-order valence-electron chi connectivity index (χ3n) is 16.4. The number of aromatic amines is 3. The number of anilines is 4. The molecule has 99 heavy (non-hydrogen) atoms. The van der Waals surface area contributed by atoms with Gasteiger partial charge in [-0.3, -0.25) is 65.7 Å². The average molecular weight is 1490 g/mol. The number of nitrogens with one attached hydrogen (secondary N) is 3. The van der Waals surface area contributed by atoms with E-state index < -0.39 is 106 Å². The molecule has 0 aliphatic carbocycles. The van der Waals surface area contributed by atoms with Gasteiger partial charge in [0.05, 0.1) is 49.7 Å². The zero-order chi connectivity index (χ0) is 72.2. The van der Waals surface area contributed by atoms with E-state index in [1.54, 1.807) is 34.2 Å². The van der Waals surface area contributed by atoms with Crippen molar-refractivity contribution in [3.8, 4) is 0 Å². The standard InChI is InChI=1S/C13H20N5O7P.C13H20N5O6PS.C13H20N5O5PS.C13H19N5O4/c1-4-6-8(25-26(20,21)23-3)9(22-2)12(24-6)18-5-15-7-10(18)16-13(14)17-11(7)19;1-4-6-8(24-25(20,26)22-3)9(21-2)12(23-6)18-5-15-7-10(18)16-13(14)17-11(7)19;1-4-7-9(23-24(19,25)21-3)10(20-2)13(22-7)18-6-17-8-11(14)15-5-16-12(8)18;1-4-6-8(20-2)9(21-3)12(22-6)18-5-15-7-10(18)16-13(14)17-11(7)19/h5-6,8-9,12H,4H2,1-3H3,(H,20,21)(H3,14,16,17,19);5-6,8-9,12H,4H2,1-3H3,(H,20,26)(H3,14,16,17,19);5-7,9-10,13H,4H2,1-3H3,(H,19,25)(H2,14,15,16);5-6,8-9,12H,4H2,1-3H3,(H3,14,16,17,19)/t6-,8+,9?,12-;6-,8+,9?,12-,25?;7-,9+,10?,13-,24?;6-,8+,9?,12-/m1111/s1. The summed E-state index contributed by atoms with van der Waals surface area (Å²) in [5.74, 6) is 0.193. The molecule has 4 saturated heterocycles. The van der Waals surface area contributed by atoms with Gasteiger partial charge in [0, 0.05) is 56.9 Å². The number of H-pyrrole nitrogens is 3. The second-order valence-corrected chi connectivity index (χ2v) is 29.3. The van der Waals surface area contributed by atoms with Crippen molar-refractivity contribution in [2.45, 2.75) is 152 Å². The lowest BCUT2D eigenvalue weighted by atomic mass is 10.1. The highest BCUT2D eigenvalue weighted by atomic mass is 32.5. The number of aromatic nitrogens is 16. The van der Waals surface area contributed by atoms with Crippen LogP contribution in [-0.4, -0.2) is 223 Å². The van der Waals surface area contributed by atoms with Crippen LogP contribution in [0, 0.1) is 0 Å². The van der Waals surface area contributed by atoms with Gasteiger partial charge in [-0.2, -0.15) is 15.0 Å². The molecule has 8 aromatic heterocycles. The highest BCUT2D eigenvalue weighted by Crippen LogP contribution is 2.52. The normalized spacial score (nSPS) is 28.6. The molecule has 47 heteroatoms. The highest BCUT2D eigenvalue weighted by Gasteiger charge is 2.52. The molecule has 0 amide bonds. The van der Waals surface area contributed by atoms with Crippen LogP contribution in [0.2, 0.25) is 0 Å². The number of hydrogen-bond donors (Lipinski definition) is 10. The minimum absolute atomic E-state index is 0.0292. The van der Waals surface area contributed by atoms with Crippen LogP contribution in [-0.2, 0) is 98.0 Å². The molecule has 19 atom stereocenters. The Kier molecular flexibility index (Phi) is 25.0. The number of phosphoric ester groups is 1. The van der Waals surface area contributed by atoms with E-state index >= 15 is 0 Å². The van der Waals surface area contributed by atoms with Gasteiger partial charge in [-0.1, -0.05) is 27.7 Å². The van der Waals surface area contributed by atoms with Gasteiger partial charge in [-0.25, -0.2) is 34.5 Å². The van der Waals surface area contributed by atoms with Crippen LogP contribution >= 0.6 is 21.3 Å². The van der Waals surface area contributed by atoms with E-state index in [0.29, 0.717) is 36.1 Å². The summed E-state index contributed by atoms with van der Waals surface area (Å²) in [5, 5.41) is 0. The van der Waals surface area contributed by atoms with Gasteiger partial charge in [-0.05, 0) is 49.3 Å². The van der Waals surface area contributed by atoms with Crippen molar-refractivity contribution in [3.05, 3.63) is 62.7 Å². The Balaban J connectivity index is 0.000000154. The molecule has 0 radical (unpaired) electrons. The predicted molar refractivity (Wildman–Crippen MR) is 357 cm³/mol.